The molecule has 0 aliphatic carbocycles. The number of aliphatic hydroxyl groups is 2. The Bertz CT molecular complexity index is 487. The molecule has 0 bridgehead atoms. The third-order valence-electron chi connectivity index (χ3n) is 2.52. The van der Waals surface area contributed by atoms with E-state index in [0.717, 1.165) is 12.1 Å². The average molecular weight is 269 g/mol. The summed E-state index contributed by atoms with van der Waals surface area (Å²) in [6.07, 6.45) is -2.87. The van der Waals surface area contributed by atoms with Crippen LogP contribution in [0.5, 0.6) is 5.75 Å². The predicted octanol–water partition coefficient (Wildman–Crippen LogP) is -0.379. The van der Waals surface area contributed by atoms with Crippen molar-refractivity contribution in [2.45, 2.75) is 19.1 Å². The maximum atomic E-state index is 10.8. The third-order valence-corrected chi connectivity index (χ3v) is 2.52. The van der Waals surface area contributed by atoms with Crippen LogP contribution >= 0.6 is 0 Å². The van der Waals surface area contributed by atoms with Gasteiger partial charge in [-0.2, -0.15) is 0 Å². The predicted molar refractivity (Wildman–Crippen MR) is 64.7 cm³/mol. The number of phenolic OH excluding ortho intramolecular Hbond substituents is 1. The number of aromatic hydroxyl groups is 1. The maximum absolute atomic E-state index is 10.8. The van der Waals surface area contributed by atoms with Crippen molar-refractivity contribution in [1.82, 2.24) is 5.32 Å². The molecule has 2 unspecified atom stereocenters. The SMILES string of the molecule is CC(=O)NCC(O)C(O)c1cc(C(=O)O)ccc1O. The molecule has 7 heteroatoms. The number of hydrogen-bond acceptors (Lipinski definition) is 5. The summed E-state index contributed by atoms with van der Waals surface area (Å²) in [6, 6.07) is 3.36. The number of phenols is 1. The number of carboxylic acids is 1. The van der Waals surface area contributed by atoms with Gasteiger partial charge in [0.1, 0.15) is 18.0 Å². The summed E-state index contributed by atoms with van der Waals surface area (Å²) in [5, 5.41) is 40.2. The Labute approximate surface area is 109 Å². The number of aliphatic hydroxyl groups excluding tert-OH is 2. The molecule has 1 rings (SSSR count). The van der Waals surface area contributed by atoms with E-state index in [4.69, 9.17) is 5.11 Å². The van der Waals surface area contributed by atoms with E-state index in [1.165, 1.54) is 13.0 Å². The molecule has 0 spiro atoms. The van der Waals surface area contributed by atoms with Crippen molar-refractivity contribution >= 4 is 11.9 Å². The molecule has 1 aromatic carbocycles. The van der Waals surface area contributed by atoms with Gasteiger partial charge in [-0.15, -0.1) is 0 Å². The first-order valence-corrected chi connectivity index (χ1v) is 5.49. The Morgan fingerprint density at radius 2 is 1.95 bits per heavy atom. The standard InChI is InChI=1S/C12H15NO6/c1-6(14)13-5-10(16)11(17)8-4-7(12(18)19)2-3-9(8)15/h2-4,10-11,15-17H,5H2,1H3,(H,13,14)(H,18,19). The highest BCUT2D eigenvalue weighted by Gasteiger charge is 2.22. The van der Waals surface area contributed by atoms with Crippen molar-refractivity contribution in [3.8, 4) is 5.75 Å². The van der Waals surface area contributed by atoms with Gasteiger partial charge in [0.25, 0.3) is 0 Å². The van der Waals surface area contributed by atoms with Gasteiger partial charge in [-0.3, -0.25) is 4.79 Å². The number of carbonyl (C=O) groups is 2. The van der Waals surface area contributed by atoms with Gasteiger partial charge in [0.2, 0.25) is 5.91 Å². The summed E-state index contributed by atoms with van der Waals surface area (Å²) >= 11 is 0. The highest BCUT2D eigenvalue weighted by Crippen LogP contribution is 2.27. The molecule has 19 heavy (non-hydrogen) atoms. The molecule has 104 valence electrons. The van der Waals surface area contributed by atoms with Gasteiger partial charge in [0.15, 0.2) is 0 Å². The molecule has 1 aromatic rings. The van der Waals surface area contributed by atoms with Gasteiger partial charge < -0.3 is 25.7 Å². The summed E-state index contributed by atoms with van der Waals surface area (Å²) in [5.41, 5.74) is -0.240. The second-order valence-electron chi connectivity index (χ2n) is 4.03. The fourth-order valence-electron chi connectivity index (χ4n) is 1.49. The number of amides is 1. The lowest BCUT2D eigenvalue weighted by molar-refractivity contribution is -0.119. The van der Waals surface area contributed by atoms with Crippen molar-refractivity contribution in [3.63, 3.8) is 0 Å². The van der Waals surface area contributed by atoms with Crippen LogP contribution in [-0.2, 0) is 4.79 Å². The average Bonchev–Trinajstić information content (AvgIpc) is 2.35. The van der Waals surface area contributed by atoms with Crippen LogP contribution in [-0.4, -0.2) is 45.0 Å². The molecule has 5 N–H and O–H groups in total. The lowest BCUT2D eigenvalue weighted by Gasteiger charge is -2.19. The molecule has 0 saturated heterocycles. The van der Waals surface area contributed by atoms with Crippen molar-refractivity contribution in [3.05, 3.63) is 29.3 Å². The number of aromatic carboxylic acids is 1. The van der Waals surface area contributed by atoms with Gasteiger partial charge in [-0.05, 0) is 18.2 Å². The lowest BCUT2D eigenvalue weighted by atomic mass is 10.0. The van der Waals surface area contributed by atoms with Crippen LogP contribution in [0.15, 0.2) is 18.2 Å². The van der Waals surface area contributed by atoms with Crippen LogP contribution < -0.4 is 5.32 Å². The Kier molecular flexibility index (Phi) is 4.85. The van der Waals surface area contributed by atoms with E-state index in [9.17, 15) is 24.9 Å². The monoisotopic (exact) mass is 269 g/mol. The summed E-state index contributed by atoms with van der Waals surface area (Å²) < 4.78 is 0. The normalized spacial score (nSPS) is 13.6. The number of carboxylic acid groups (broad SMARTS) is 1. The smallest absolute Gasteiger partial charge is 0.335 e. The molecule has 2 atom stereocenters. The van der Waals surface area contributed by atoms with Gasteiger partial charge >= 0.3 is 5.97 Å². The Hall–Kier alpha value is -2.12. The van der Waals surface area contributed by atoms with Crippen molar-refractivity contribution in [2.75, 3.05) is 6.54 Å². The van der Waals surface area contributed by atoms with E-state index in [-0.39, 0.29) is 29.3 Å². The van der Waals surface area contributed by atoms with E-state index in [0.29, 0.717) is 0 Å². The van der Waals surface area contributed by atoms with Crippen molar-refractivity contribution < 1.29 is 30.0 Å². The summed E-state index contributed by atoms with van der Waals surface area (Å²) in [5.74, 6) is -1.93. The van der Waals surface area contributed by atoms with Crippen LogP contribution in [0.4, 0.5) is 0 Å². The van der Waals surface area contributed by atoms with E-state index in [1.54, 1.807) is 0 Å². The minimum atomic E-state index is -1.51. The molecule has 0 aromatic heterocycles. The summed E-state index contributed by atoms with van der Waals surface area (Å²) in [6.45, 7) is 1.04. The fourth-order valence-corrected chi connectivity index (χ4v) is 1.49. The van der Waals surface area contributed by atoms with E-state index in [1.807, 2.05) is 0 Å². The Balaban J connectivity index is 2.91. The van der Waals surface area contributed by atoms with E-state index >= 15 is 0 Å². The van der Waals surface area contributed by atoms with Crippen LogP contribution in [0, 0.1) is 0 Å². The third kappa shape index (κ3) is 3.94. The minimum Gasteiger partial charge on any atom is -0.508 e. The number of benzene rings is 1. The number of rotatable bonds is 5. The zero-order valence-electron chi connectivity index (χ0n) is 10.2. The molecule has 0 radical (unpaired) electrons. The highest BCUT2D eigenvalue weighted by atomic mass is 16.4. The Morgan fingerprint density at radius 1 is 1.32 bits per heavy atom. The van der Waals surface area contributed by atoms with Gasteiger partial charge in [0, 0.05) is 19.0 Å². The molecular weight excluding hydrogens is 254 g/mol. The number of carbonyl (C=O) groups excluding carboxylic acids is 1. The van der Waals surface area contributed by atoms with Crippen molar-refractivity contribution in [2.24, 2.45) is 0 Å². The van der Waals surface area contributed by atoms with Crippen LogP contribution in [0.2, 0.25) is 0 Å². The fraction of sp³-hybridized carbons (Fsp3) is 0.333. The molecule has 0 fully saturated rings. The highest BCUT2D eigenvalue weighted by molar-refractivity contribution is 5.88. The molecule has 0 aliphatic heterocycles. The lowest BCUT2D eigenvalue weighted by Crippen LogP contribution is -2.34. The number of hydrogen-bond donors (Lipinski definition) is 5. The van der Waals surface area contributed by atoms with Crippen LogP contribution in [0.3, 0.4) is 0 Å². The van der Waals surface area contributed by atoms with Gasteiger partial charge in [0.05, 0.1) is 5.56 Å². The second-order valence-corrected chi connectivity index (χ2v) is 4.03. The zero-order chi connectivity index (χ0) is 14.6. The molecular formula is C12H15NO6. The van der Waals surface area contributed by atoms with Gasteiger partial charge in [-0.25, -0.2) is 4.79 Å². The molecule has 7 nitrogen and oxygen atoms in total. The number of nitrogens with one attached hydrogen (secondary N) is 1. The first kappa shape index (κ1) is 14.9. The second kappa shape index (κ2) is 6.17. The maximum Gasteiger partial charge on any atom is 0.335 e. The largest absolute Gasteiger partial charge is 0.508 e. The van der Waals surface area contributed by atoms with E-state index < -0.39 is 18.2 Å². The Morgan fingerprint density at radius 3 is 2.47 bits per heavy atom. The van der Waals surface area contributed by atoms with E-state index in [2.05, 4.69) is 5.32 Å². The minimum absolute atomic E-state index is 0.113. The quantitative estimate of drug-likeness (QED) is 0.496. The summed E-state index contributed by atoms with van der Waals surface area (Å²) in [4.78, 5) is 21.5. The van der Waals surface area contributed by atoms with Crippen molar-refractivity contribution in [1.29, 1.82) is 0 Å². The molecule has 0 aliphatic rings. The first-order valence-electron chi connectivity index (χ1n) is 5.49. The van der Waals surface area contributed by atoms with Gasteiger partial charge in [-0.1, -0.05) is 0 Å². The molecule has 0 heterocycles. The summed E-state index contributed by atoms with van der Waals surface area (Å²) in [7, 11) is 0. The first-order chi connectivity index (χ1) is 8.82. The molecule has 0 saturated carbocycles. The zero-order valence-corrected chi connectivity index (χ0v) is 10.2. The topological polar surface area (TPSA) is 127 Å². The van der Waals surface area contributed by atoms with Crippen LogP contribution in [0.25, 0.3) is 0 Å². The van der Waals surface area contributed by atoms with Crippen LogP contribution in [0.1, 0.15) is 28.9 Å². The molecule has 1 amide bonds.